The summed E-state index contributed by atoms with van der Waals surface area (Å²) in [5, 5.41) is 0. The molecule has 0 radical (unpaired) electrons. The maximum atomic E-state index is 12.9. The van der Waals surface area contributed by atoms with Crippen molar-refractivity contribution in [1.29, 1.82) is 0 Å². The first-order valence-corrected chi connectivity index (χ1v) is 14.3. The molecule has 0 aliphatic carbocycles. The van der Waals surface area contributed by atoms with Crippen molar-refractivity contribution in [3.05, 3.63) is 75.7 Å². The van der Waals surface area contributed by atoms with Gasteiger partial charge in [0.2, 0.25) is 5.89 Å². The van der Waals surface area contributed by atoms with Gasteiger partial charge in [-0.3, -0.25) is 14.5 Å². The third kappa shape index (κ3) is 9.02. The molecule has 0 aliphatic rings. The molecule has 0 atom stereocenters. The highest BCUT2D eigenvalue weighted by atomic mass is 16.6. The molecule has 0 saturated carbocycles. The first kappa shape index (κ1) is 32.1. The van der Waals surface area contributed by atoms with Gasteiger partial charge in [0.15, 0.2) is 0 Å². The molecule has 0 spiro atoms. The molecule has 0 unspecified atom stereocenters. The van der Waals surface area contributed by atoms with Gasteiger partial charge in [0.25, 0.3) is 0 Å². The first-order valence-electron chi connectivity index (χ1n) is 14.3. The second-order valence-corrected chi connectivity index (χ2v) is 12.6. The SMILES string of the molecule is CCOC(=O)C(C)(C)Cc1c(C)cc(CN(CC(=O)OC(C)(C)C)Cc2nc(-c3ccc(C)cc3)oc2C)cc1C. The molecule has 2 aromatic carbocycles. The van der Waals surface area contributed by atoms with E-state index in [1.807, 2.05) is 84.6 Å². The first-order chi connectivity index (χ1) is 19.1. The molecule has 7 nitrogen and oxygen atoms in total. The fraction of sp³-hybridized carbons (Fsp3) is 0.500. The van der Waals surface area contributed by atoms with E-state index in [4.69, 9.17) is 18.9 Å². The quantitative estimate of drug-likeness (QED) is 0.232. The van der Waals surface area contributed by atoms with Gasteiger partial charge in [-0.1, -0.05) is 29.8 Å². The van der Waals surface area contributed by atoms with Gasteiger partial charge >= 0.3 is 11.9 Å². The van der Waals surface area contributed by atoms with Crippen LogP contribution in [0.3, 0.4) is 0 Å². The predicted molar refractivity (Wildman–Crippen MR) is 161 cm³/mol. The van der Waals surface area contributed by atoms with Crippen molar-refractivity contribution < 1.29 is 23.5 Å². The van der Waals surface area contributed by atoms with Crippen molar-refractivity contribution in [2.24, 2.45) is 5.41 Å². The van der Waals surface area contributed by atoms with Gasteiger partial charge in [-0.2, -0.15) is 0 Å². The number of ether oxygens (including phenoxy) is 2. The van der Waals surface area contributed by atoms with E-state index >= 15 is 0 Å². The second kappa shape index (κ2) is 13.0. The smallest absolute Gasteiger partial charge is 0.320 e. The van der Waals surface area contributed by atoms with Crippen LogP contribution in [0.15, 0.2) is 40.8 Å². The summed E-state index contributed by atoms with van der Waals surface area (Å²) >= 11 is 0. The topological polar surface area (TPSA) is 81.9 Å². The van der Waals surface area contributed by atoms with Crippen LogP contribution < -0.4 is 0 Å². The van der Waals surface area contributed by atoms with Crippen LogP contribution in [0.5, 0.6) is 0 Å². The lowest BCUT2D eigenvalue weighted by Crippen LogP contribution is -2.34. The summed E-state index contributed by atoms with van der Waals surface area (Å²) < 4.78 is 17.0. The van der Waals surface area contributed by atoms with Gasteiger partial charge in [-0.25, -0.2) is 4.98 Å². The summed E-state index contributed by atoms with van der Waals surface area (Å²) in [6, 6.07) is 12.3. The lowest BCUT2D eigenvalue weighted by Gasteiger charge is -2.26. The molecule has 0 saturated heterocycles. The summed E-state index contributed by atoms with van der Waals surface area (Å²) in [7, 11) is 0. The highest BCUT2D eigenvalue weighted by Crippen LogP contribution is 2.29. The summed E-state index contributed by atoms with van der Waals surface area (Å²) in [6.45, 7) is 20.8. The van der Waals surface area contributed by atoms with E-state index in [2.05, 4.69) is 26.0 Å². The molecule has 3 rings (SSSR count). The molecule has 222 valence electrons. The van der Waals surface area contributed by atoms with Gasteiger partial charge in [0.05, 0.1) is 24.3 Å². The average Bonchev–Trinajstić information content (AvgIpc) is 3.20. The molecular weight excluding hydrogens is 516 g/mol. The zero-order valence-electron chi connectivity index (χ0n) is 26.4. The largest absolute Gasteiger partial charge is 0.466 e. The van der Waals surface area contributed by atoms with Gasteiger partial charge < -0.3 is 13.9 Å². The van der Waals surface area contributed by atoms with Crippen LogP contribution in [0, 0.1) is 33.1 Å². The van der Waals surface area contributed by atoms with Crippen LogP contribution in [0.2, 0.25) is 0 Å². The Morgan fingerprint density at radius 2 is 1.54 bits per heavy atom. The minimum Gasteiger partial charge on any atom is -0.466 e. The molecule has 0 aliphatic heterocycles. The Morgan fingerprint density at radius 1 is 0.927 bits per heavy atom. The highest BCUT2D eigenvalue weighted by molar-refractivity contribution is 5.76. The highest BCUT2D eigenvalue weighted by Gasteiger charge is 2.31. The fourth-order valence-electron chi connectivity index (χ4n) is 4.88. The van der Waals surface area contributed by atoms with E-state index in [1.165, 1.54) is 5.56 Å². The lowest BCUT2D eigenvalue weighted by atomic mass is 9.82. The Labute approximate surface area is 245 Å². The van der Waals surface area contributed by atoms with Gasteiger partial charge in [0.1, 0.15) is 11.4 Å². The monoisotopic (exact) mass is 562 g/mol. The van der Waals surface area contributed by atoms with E-state index in [1.54, 1.807) is 0 Å². The number of carbonyl (C=O) groups excluding carboxylic acids is 2. The van der Waals surface area contributed by atoms with Gasteiger partial charge in [0, 0.05) is 18.7 Å². The molecule has 0 N–H and O–H groups in total. The Morgan fingerprint density at radius 3 is 2.10 bits per heavy atom. The summed E-state index contributed by atoms with van der Waals surface area (Å²) in [5.41, 5.74) is 6.08. The number of hydrogen-bond acceptors (Lipinski definition) is 7. The fourth-order valence-corrected chi connectivity index (χ4v) is 4.88. The number of oxazole rings is 1. The summed E-state index contributed by atoms with van der Waals surface area (Å²) in [5.74, 6) is 0.798. The van der Waals surface area contributed by atoms with Crippen LogP contribution in [-0.4, -0.2) is 40.6 Å². The number of aromatic nitrogens is 1. The molecule has 3 aromatic rings. The van der Waals surface area contributed by atoms with Crippen LogP contribution in [-0.2, 0) is 38.6 Å². The Bertz CT molecular complexity index is 1340. The molecular formula is C34H46N2O5. The number of rotatable bonds is 11. The number of carbonyl (C=O) groups is 2. The zero-order valence-corrected chi connectivity index (χ0v) is 26.4. The molecule has 1 aromatic heterocycles. The average molecular weight is 563 g/mol. The van der Waals surface area contributed by atoms with Crippen molar-refractivity contribution in [1.82, 2.24) is 9.88 Å². The van der Waals surface area contributed by atoms with Gasteiger partial charge in [-0.15, -0.1) is 0 Å². The number of esters is 2. The third-order valence-electron chi connectivity index (χ3n) is 6.95. The van der Waals surface area contributed by atoms with Crippen LogP contribution >= 0.6 is 0 Å². The van der Waals surface area contributed by atoms with Crippen molar-refractivity contribution in [2.45, 2.75) is 94.3 Å². The number of aryl methyl sites for hydroxylation is 4. The van der Waals surface area contributed by atoms with Gasteiger partial charge in [-0.05, 0) is 110 Å². The third-order valence-corrected chi connectivity index (χ3v) is 6.95. The standard InChI is InChI=1S/C34H46N2O5/c1-11-39-32(38)34(9,10)18-28-23(3)16-26(17-24(28)4)19-36(21-30(37)41-33(6,7)8)20-29-25(5)40-31(35-29)27-14-12-22(2)13-15-27/h12-17H,11,18-21H2,1-10H3. The van der Waals surface area contributed by atoms with Crippen molar-refractivity contribution >= 4 is 11.9 Å². The Balaban J connectivity index is 1.87. The minimum atomic E-state index is -0.630. The number of benzene rings is 2. The summed E-state index contributed by atoms with van der Waals surface area (Å²) in [6.07, 6.45) is 0.589. The molecule has 0 fully saturated rings. The lowest BCUT2D eigenvalue weighted by molar-refractivity contribution is -0.156. The molecule has 41 heavy (non-hydrogen) atoms. The molecule has 7 heteroatoms. The van der Waals surface area contributed by atoms with E-state index in [9.17, 15) is 9.59 Å². The number of hydrogen-bond donors (Lipinski definition) is 0. The molecule has 0 amide bonds. The molecule has 0 bridgehead atoms. The maximum absolute atomic E-state index is 12.9. The van der Waals surface area contributed by atoms with E-state index in [0.29, 0.717) is 32.0 Å². The van der Waals surface area contributed by atoms with Crippen LogP contribution in [0.4, 0.5) is 0 Å². The predicted octanol–water partition coefficient (Wildman–Crippen LogP) is 7.05. The van der Waals surface area contributed by atoms with Crippen LogP contribution in [0.1, 0.15) is 80.8 Å². The van der Waals surface area contributed by atoms with E-state index < -0.39 is 11.0 Å². The Kier molecular flexibility index (Phi) is 10.2. The summed E-state index contributed by atoms with van der Waals surface area (Å²) in [4.78, 5) is 32.3. The zero-order chi connectivity index (χ0) is 30.5. The van der Waals surface area contributed by atoms with E-state index in [0.717, 1.165) is 39.3 Å². The Hall–Kier alpha value is -3.45. The van der Waals surface area contributed by atoms with Crippen molar-refractivity contribution in [3.8, 4) is 11.5 Å². The van der Waals surface area contributed by atoms with E-state index in [-0.39, 0.29) is 18.5 Å². The van der Waals surface area contributed by atoms with Crippen LogP contribution in [0.25, 0.3) is 11.5 Å². The second-order valence-electron chi connectivity index (χ2n) is 12.6. The van der Waals surface area contributed by atoms with Crippen molar-refractivity contribution in [2.75, 3.05) is 13.2 Å². The molecule has 1 heterocycles. The normalized spacial score (nSPS) is 12.1. The minimum absolute atomic E-state index is 0.110. The van der Waals surface area contributed by atoms with Crippen molar-refractivity contribution in [3.63, 3.8) is 0 Å². The number of nitrogens with zero attached hydrogens (tertiary/aromatic N) is 2. The maximum Gasteiger partial charge on any atom is 0.320 e.